The van der Waals surface area contributed by atoms with E-state index in [4.69, 9.17) is 4.74 Å². The maximum absolute atomic E-state index is 10.1. The van der Waals surface area contributed by atoms with Gasteiger partial charge >= 0.3 is 0 Å². The van der Waals surface area contributed by atoms with Crippen LogP contribution in [0.25, 0.3) is 11.1 Å². The molecule has 1 fully saturated rings. The van der Waals surface area contributed by atoms with Gasteiger partial charge in [-0.25, -0.2) is 0 Å². The largest absolute Gasteiger partial charge is 0.507 e. The Kier molecular flexibility index (Phi) is 3.39. The van der Waals surface area contributed by atoms with Crippen LogP contribution in [0.15, 0.2) is 42.5 Å². The molecule has 2 N–H and O–H groups in total. The van der Waals surface area contributed by atoms with Gasteiger partial charge in [-0.3, -0.25) is 0 Å². The molecule has 4 heteroatoms. The highest BCUT2D eigenvalue weighted by Crippen LogP contribution is 2.39. The molecule has 0 aliphatic carbocycles. The van der Waals surface area contributed by atoms with Gasteiger partial charge in [0.05, 0.1) is 12.3 Å². The number of hydrogen-bond acceptors (Lipinski definition) is 4. The number of phenolic OH excluding ortho intramolecular Hbond substituents is 1. The van der Waals surface area contributed by atoms with Crippen molar-refractivity contribution in [1.82, 2.24) is 5.32 Å². The second-order valence-corrected chi connectivity index (χ2v) is 5.89. The van der Waals surface area contributed by atoms with Gasteiger partial charge in [0, 0.05) is 37.7 Å². The zero-order chi connectivity index (χ0) is 14.9. The molecule has 4 nitrogen and oxygen atoms in total. The number of ether oxygens (including phenoxy) is 1. The Hall–Kier alpha value is -2.20. The minimum absolute atomic E-state index is 0.314. The lowest BCUT2D eigenvalue weighted by atomic mass is 10.0. The predicted molar refractivity (Wildman–Crippen MR) is 87.7 cm³/mol. The Morgan fingerprint density at radius 1 is 1.18 bits per heavy atom. The minimum Gasteiger partial charge on any atom is -0.507 e. The number of fused-ring (bicyclic) bond motifs is 3. The van der Waals surface area contributed by atoms with Crippen molar-refractivity contribution in [2.24, 2.45) is 0 Å². The van der Waals surface area contributed by atoms with E-state index in [0.717, 1.165) is 55.2 Å². The smallest absolute Gasteiger partial charge is 0.142 e. The van der Waals surface area contributed by atoms with Crippen molar-refractivity contribution in [2.75, 3.05) is 31.1 Å². The van der Waals surface area contributed by atoms with Crippen molar-refractivity contribution in [1.29, 1.82) is 0 Å². The van der Waals surface area contributed by atoms with Gasteiger partial charge in [0.15, 0.2) is 0 Å². The Balaban J connectivity index is 1.79. The number of nitrogens with zero attached hydrogens (tertiary/aromatic N) is 1. The molecular formula is C18H20N2O2. The number of nitrogens with one attached hydrogen (secondary N) is 1. The predicted octanol–water partition coefficient (Wildman–Crippen LogP) is 2.62. The molecule has 0 unspecified atom stereocenters. The van der Waals surface area contributed by atoms with Gasteiger partial charge in [0.25, 0.3) is 0 Å². The average Bonchev–Trinajstić information content (AvgIpc) is 2.74. The first-order chi connectivity index (χ1) is 10.8. The summed E-state index contributed by atoms with van der Waals surface area (Å²) in [7, 11) is 0. The van der Waals surface area contributed by atoms with Crippen LogP contribution >= 0.6 is 0 Å². The molecule has 2 aliphatic heterocycles. The molecule has 114 valence electrons. The standard InChI is InChI=1S/C18H20N2O2/c21-17-4-2-1-3-15(17)13-5-6-18-16(11-13)20-9-8-19-12-14(20)7-10-22-18/h1-6,11,14,19,21H,7-10,12H2/t14-/m0/s1. The fourth-order valence-corrected chi connectivity index (χ4v) is 3.39. The van der Waals surface area contributed by atoms with E-state index >= 15 is 0 Å². The highest BCUT2D eigenvalue weighted by atomic mass is 16.5. The van der Waals surface area contributed by atoms with Crippen LogP contribution in [0.3, 0.4) is 0 Å². The second kappa shape index (κ2) is 5.54. The monoisotopic (exact) mass is 296 g/mol. The molecule has 1 atom stereocenters. The lowest BCUT2D eigenvalue weighted by Gasteiger charge is -2.36. The van der Waals surface area contributed by atoms with Crippen LogP contribution in [0.1, 0.15) is 6.42 Å². The SMILES string of the molecule is Oc1ccccc1-c1ccc2c(c1)N1CCNC[C@@H]1CCO2. The molecule has 0 saturated carbocycles. The van der Waals surface area contributed by atoms with Crippen molar-refractivity contribution in [3.05, 3.63) is 42.5 Å². The summed E-state index contributed by atoms with van der Waals surface area (Å²) in [6, 6.07) is 14.2. The van der Waals surface area contributed by atoms with E-state index in [2.05, 4.69) is 16.3 Å². The number of anilines is 1. The van der Waals surface area contributed by atoms with Gasteiger partial charge in [-0.2, -0.15) is 0 Å². The van der Waals surface area contributed by atoms with Gasteiger partial charge in [-0.05, 0) is 23.8 Å². The molecule has 2 aliphatic rings. The van der Waals surface area contributed by atoms with Crippen molar-refractivity contribution in [3.8, 4) is 22.6 Å². The number of benzene rings is 2. The lowest BCUT2D eigenvalue weighted by molar-refractivity contribution is 0.304. The Morgan fingerprint density at radius 2 is 2.09 bits per heavy atom. The van der Waals surface area contributed by atoms with Gasteiger partial charge in [0.2, 0.25) is 0 Å². The van der Waals surface area contributed by atoms with Crippen LogP contribution in [-0.4, -0.2) is 37.4 Å². The number of para-hydroxylation sites is 1. The van der Waals surface area contributed by atoms with Gasteiger partial charge in [-0.1, -0.05) is 24.3 Å². The first-order valence-corrected chi connectivity index (χ1v) is 7.85. The fraction of sp³-hybridized carbons (Fsp3) is 0.333. The van der Waals surface area contributed by atoms with E-state index in [1.807, 2.05) is 30.3 Å². The van der Waals surface area contributed by atoms with E-state index in [1.54, 1.807) is 6.07 Å². The van der Waals surface area contributed by atoms with Gasteiger partial charge < -0.3 is 20.1 Å². The van der Waals surface area contributed by atoms with Crippen molar-refractivity contribution < 1.29 is 9.84 Å². The second-order valence-electron chi connectivity index (χ2n) is 5.89. The van der Waals surface area contributed by atoms with Gasteiger partial charge in [0.1, 0.15) is 11.5 Å². The van der Waals surface area contributed by atoms with E-state index in [9.17, 15) is 5.11 Å². The highest BCUT2D eigenvalue weighted by molar-refractivity contribution is 5.76. The third-order valence-corrected chi connectivity index (χ3v) is 4.54. The summed E-state index contributed by atoms with van der Waals surface area (Å²) >= 11 is 0. The highest BCUT2D eigenvalue weighted by Gasteiger charge is 2.27. The van der Waals surface area contributed by atoms with Crippen LogP contribution in [0.2, 0.25) is 0 Å². The number of hydrogen-bond donors (Lipinski definition) is 2. The maximum Gasteiger partial charge on any atom is 0.142 e. The first-order valence-electron chi connectivity index (χ1n) is 7.85. The van der Waals surface area contributed by atoms with Crippen LogP contribution < -0.4 is 15.0 Å². The minimum atomic E-state index is 0.314. The zero-order valence-corrected chi connectivity index (χ0v) is 12.5. The van der Waals surface area contributed by atoms with Crippen molar-refractivity contribution in [3.63, 3.8) is 0 Å². The number of aromatic hydroxyl groups is 1. The molecular weight excluding hydrogens is 276 g/mol. The number of phenols is 1. The lowest BCUT2D eigenvalue weighted by Crippen LogP contribution is -2.51. The molecule has 4 rings (SSSR count). The third-order valence-electron chi connectivity index (χ3n) is 4.54. The summed E-state index contributed by atoms with van der Waals surface area (Å²) in [6.07, 6.45) is 1.04. The number of piperazine rings is 1. The summed E-state index contributed by atoms with van der Waals surface area (Å²) in [5.41, 5.74) is 3.03. The first kappa shape index (κ1) is 13.5. The Bertz CT molecular complexity index is 687. The molecule has 1 saturated heterocycles. The zero-order valence-electron chi connectivity index (χ0n) is 12.5. The molecule has 0 amide bonds. The Labute approximate surface area is 130 Å². The van der Waals surface area contributed by atoms with Gasteiger partial charge in [-0.15, -0.1) is 0 Å². The molecule has 2 aromatic rings. The van der Waals surface area contributed by atoms with Crippen LogP contribution in [0, 0.1) is 0 Å². The maximum atomic E-state index is 10.1. The van der Waals surface area contributed by atoms with Crippen LogP contribution in [-0.2, 0) is 0 Å². The molecule has 0 spiro atoms. The summed E-state index contributed by atoms with van der Waals surface area (Å²) < 4.78 is 5.93. The van der Waals surface area contributed by atoms with E-state index in [-0.39, 0.29) is 0 Å². The molecule has 0 radical (unpaired) electrons. The fourth-order valence-electron chi connectivity index (χ4n) is 3.39. The average molecular weight is 296 g/mol. The van der Waals surface area contributed by atoms with E-state index < -0.39 is 0 Å². The van der Waals surface area contributed by atoms with E-state index in [0.29, 0.717) is 11.8 Å². The third kappa shape index (κ3) is 2.29. The number of rotatable bonds is 1. The molecule has 0 aromatic heterocycles. The molecule has 2 aromatic carbocycles. The van der Waals surface area contributed by atoms with E-state index in [1.165, 1.54) is 0 Å². The van der Waals surface area contributed by atoms with Crippen LogP contribution in [0.5, 0.6) is 11.5 Å². The molecule has 22 heavy (non-hydrogen) atoms. The summed E-state index contributed by atoms with van der Waals surface area (Å²) in [5.74, 6) is 1.26. The Morgan fingerprint density at radius 3 is 3.00 bits per heavy atom. The quantitative estimate of drug-likeness (QED) is 0.849. The summed E-state index contributed by atoms with van der Waals surface area (Å²) in [4.78, 5) is 2.45. The van der Waals surface area contributed by atoms with Crippen molar-refractivity contribution >= 4 is 5.69 Å². The molecule has 0 bridgehead atoms. The summed E-state index contributed by atoms with van der Waals surface area (Å²) in [5, 5.41) is 13.6. The topological polar surface area (TPSA) is 44.7 Å². The summed E-state index contributed by atoms with van der Waals surface area (Å²) in [6.45, 7) is 3.75. The van der Waals surface area contributed by atoms with Crippen molar-refractivity contribution in [2.45, 2.75) is 12.5 Å². The van der Waals surface area contributed by atoms with Crippen LogP contribution in [0.4, 0.5) is 5.69 Å². The normalized spacial score (nSPS) is 20.5. The molecule has 2 heterocycles.